The quantitative estimate of drug-likeness (QED) is 0.703. The van der Waals surface area contributed by atoms with E-state index >= 15 is 0 Å². The molecule has 0 bridgehead atoms. The van der Waals surface area contributed by atoms with Crippen LogP contribution in [0.15, 0.2) is 30.7 Å². The summed E-state index contributed by atoms with van der Waals surface area (Å²) >= 11 is 0. The SMILES string of the molecule is COc1cc2c(cc1-c1nnc3cnccn13)OCO2. The van der Waals surface area contributed by atoms with Crippen molar-refractivity contribution in [3.05, 3.63) is 30.7 Å². The van der Waals surface area contributed by atoms with Crippen LogP contribution in [0.25, 0.3) is 17.0 Å². The van der Waals surface area contributed by atoms with Crippen LogP contribution >= 0.6 is 0 Å². The zero-order valence-electron chi connectivity index (χ0n) is 10.6. The van der Waals surface area contributed by atoms with E-state index in [1.54, 1.807) is 31.8 Å². The van der Waals surface area contributed by atoms with Crippen molar-refractivity contribution in [2.24, 2.45) is 0 Å². The summed E-state index contributed by atoms with van der Waals surface area (Å²) in [6.07, 6.45) is 5.13. The van der Waals surface area contributed by atoms with Gasteiger partial charge in [-0.15, -0.1) is 10.2 Å². The number of ether oxygens (including phenoxy) is 3. The highest BCUT2D eigenvalue weighted by Crippen LogP contribution is 2.41. The maximum atomic E-state index is 5.41. The Hall–Kier alpha value is -2.83. The maximum absolute atomic E-state index is 5.41. The van der Waals surface area contributed by atoms with E-state index in [0.717, 1.165) is 5.56 Å². The summed E-state index contributed by atoms with van der Waals surface area (Å²) < 4.78 is 18.0. The van der Waals surface area contributed by atoms with E-state index in [9.17, 15) is 0 Å². The Bertz CT molecular complexity index is 799. The Morgan fingerprint density at radius 3 is 2.90 bits per heavy atom. The first-order valence-electron chi connectivity index (χ1n) is 5.99. The molecule has 7 heteroatoms. The largest absolute Gasteiger partial charge is 0.496 e. The van der Waals surface area contributed by atoms with Gasteiger partial charge >= 0.3 is 0 Å². The van der Waals surface area contributed by atoms with Crippen molar-refractivity contribution < 1.29 is 14.2 Å². The lowest BCUT2D eigenvalue weighted by Crippen LogP contribution is -1.94. The molecule has 0 amide bonds. The third kappa shape index (κ3) is 1.49. The van der Waals surface area contributed by atoms with Crippen LogP contribution in [0.2, 0.25) is 0 Å². The fourth-order valence-electron chi connectivity index (χ4n) is 2.20. The van der Waals surface area contributed by atoms with Gasteiger partial charge in [-0.1, -0.05) is 0 Å². The van der Waals surface area contributed by atoms with Crippen molar-refractivity contribution >= 4 is 5.65 Å². The number of benzene rings is 1. The molecule has 100 valence electrons. The molecule has 0 aliphatic carbocycles. The van der Waals surface area contributed by atoms with E-state index in [1.807, 2.05) is 10.5 Å². The van der Waals surface area contributed by atoms with Gasteiger partial charge in [-0.25, -0.2) is 0 Å². The zero-order valence-corrected chi connectivity index (χ0v) is 10.6. The molecule has 3 heterocycles. The molecule has 0 fully saturated rings. The molecule has 1 aromatic carbocycles. The molecule has 0 saturated heterocycles. The van der Waals surface area contributed by atoms with Crippen LogP contribution in [0.3, 0.4) is 0 Å². The molecule has 1 aliphatic rings. The van der Waals surface area contributed by atoms with Crippen LogP contribution in [-0.2, 0) is 0 Å². The number of nitrogens with zero attached hydrogens (tertiary/aromatic N) is 4. The second-order valence-corrected chi connectivity index (χ2v) is 4.23. The van der Waals surface area contributed by atoms with Crippen molar-refractivity contribution in [1.82, 2.24) is 19.6 Å². The van der Waals surface area contributed by atoms with Gasteiger partial charge in [0.15, 0.2) is 23.0 Å². The van der Waals surface area contributed by atoms with E-state index in [2.05, 4.69) is 15.2 Å². The van der Waals surface area contributed by atoms with E-state index < -0.39 is 0 Å². The molecule has 0 spiro atoms. The van der Waals surface area contributed by atoms with Gasteiger partial charge in [0.05, 0.1) is 18.9 Å². The highest BCUT2D eigenvalue weighted by atomic mass is 16.7. The van der Waals surface area contributed by atoms with Gasteiger partial charge in [0.1, 0.15) is 5.75 Å². The number of rotatable bonds is 2. The number of hydrogen-bond acceptors (Lipinski definition) is 6. The van der Waals surface area contributed by atoms with Crippen molar-refractivity contribution in [3.63, 3.8) is 0 Å². The summed E-state index contributed by atoms with van der Waals surface area (Å²) in [6, 6.07) is 3.64. The normalized spacial score (nSPS) is 12.8. The number of aromatic nitrogens is 4. The smallest absolute Gasteiger partial charge is 0.231 e. The fraction of sp³-hybridized carbons (Fsp3) is 0.154. The van der Waals surface area contributed by atoms with E-state index in [0.29, 0.717) is 28.7 Å². The predicted octanol–water partition coefficient (Wildman–Crippen LogP) is 1.53. The summed E-state index contributed by atoms with van der Waals surface area (Å²) in [7, 11) is 1.60. The summed E-state index contributed by atoms with van der Waals surface area (Å²) in [4.78, 5) is 4.02. The van der Waals surface area contributed by atoms with Crippen molar-refractivity contribution in [3.8, 4) is 28.6 Å². The molecule has 4 rings (SSSR count). The lowest BCUT2D eigenvalue weighted by atomic mass is 10.1. The molecule has 3 aromatic rings. The Morgan fingerprint density at radius 2 is 2.05 bits per heavy atom. The molecule has 0 N–H and O–H groups in total. The first-order valence-corrected chi connectivity index (χ1v) is 5.99. The van der Waals surface area contributed by atoms with Crippen LogP contribution in [0.1, 0.15) is 0 Å². The van der Waals surface area contributed by atoms with Gasteiger partial charge in [0.2, 0.25) is 6.79 Å². The summed E-state index contributed by atoms with van der Waals surface area (Å²) in [5.41, 5.74) is 1.46. The van der Waals surface area contributed by atoms with Crippen LogP contribution < -0.4 is 14.2 Å². The minimum absolute atomic E-state index is 0.215. The van der Waals surface area contributed by atoms with E-state index in [4.69, 9.17) is 14.2 Å². The standard InChI is InChI=1S/C13H10N4O3/c1-18-9-5-11-10(19-7-20-11)4-8(9)13-16-15-12-6-14-2-3-17(12)13/h2-6H,7H2,1H3. The van der Waals surface area contributed by atoms with Gasteiger partial charge in [0.25, 0.3) is 0 Å². The minimum Gasteiger partial charge on any atom is -0.496 e. The third-order valence-corrected chi connectivity index (χ3v) is 3.15. The molecule has 7 nitrogen and oxygen atoms in total. The van der Waals surface area contributed by atoms with Gasteiger partial charge in [-0.3, -0.25) is 9.38 Å². The van der Waals surface area contributed by atoms with Crippen LogP contribution in [0.4, 0.5) is 0 Å². The summed E-state index contributed by atoms with van der Waals surface area (Å²) in [5.74, 6) is 2.66. The highest BCUT2D eigenvalue weighted by molar-refractivity contribution is 5.71. The van der Waals surface area contributed by atoms with Crippen molar-refractivity contribution in [2.45, 2.75) is 0 Å². The molecule has 0 atom stereocenters. The van der Waals surface area contributed by atoms with Gasteiger partial charge < -0.3 is 14.2 Å². The lowest BCUT2D eigenvalue weighted by molar-refractivity contribution is 0.174. The highest BCUT2D eigenvalue weighted by Gasteiger charge is 2.21. The van der Waals surface area contributed by atoms with E-state index in [-0.39, 0.29) is 6.79 Å². The van der Waals surface area contributed by atoms with Crippen molar-refractivity contribution in [1.29, 1.82) is 0 Å². The maximum Gasteiger partial charge on any atom is 0.231 e. The lowest BCUT2D eigenvalue weighted by Gasteiger charge is -2.08. The second-order valence-electron chi connectivity index (χ2n) is 4.23. The van der Waals surface area contributed by atoms with Crippen LogP contribution in [-0.4, -0.2) is 33.5 Å². The Balaban J connectivity index is 1.97. The molecule has 0 radical (unpaired) electrons. The Morgan fingerprint density at radius 1 is 1.20 bits per heavy atom. The molecule has 0 saturated carbocycles. The number of methoxy groups -OCH3 is 1. The third-order valence-electron chi connectivity index (χ3n) is 3.15. The predicted molar refractivity (Wildman–Crippen MR) is 68.9 cm³/mol. The van der Waals surface area contributed by atoms with Crippen LogP contribution in [0, 0.1) is 0 Å². The molecule has 1 aliphatic heterocycles. The zero-order chi connectivity index (χ0) is 13.5. The first kappa shape index (κ1) is 11.0. The number of hydrogen-bond donors (Lipinski definition) is 0. The van der Waals surface area contributed by atoms with Crippen molar-refractivity contribution in [2.75, 3.05) is 13.9 Å². The van der Waals surface area contributed by atoms with Gasteiger partial charge in [-0.05, 0) is 6.07 Å². The number of fused-ring (bicyclic) bond motifs is 2. The average Bonchev–Trinajstić information content (AvgIpc) is 3.11. The molecular formula is C13H10N4O3. The monoisotopic (exact) mass is 270 g/mol. The molecule has 2 aromatic heterocycles. The van der Waals surface area contributed by atoms with Gasteiger partial charge in [0, 0.05) is 18.5 Å². The van der Waals surface area contributed by atoms with Crippen LogP contribution in [0.5, 0.6) is 17.2 Å². The molecule has 0 unspecified atom stereocenters. The molecular weight excluding hydrogens is 260 g/mol. The average molecular weight is 270 g/mol. The summed E-state index contributed by atoms with van der Waals surface area (Å²) in [6.45, 7) is 0.215. The molecule has 20 heavy (non-hydrogen) atoms. The van der Waals surface area contributed by atoms with E-state index in [1.165, 1.54) is 0 Å². The first-order chi connectivity index (χ1) is 9.86. The minimum atomic E-state index is 0.215. The Labute approximate surface area is 113 Å². The fourth-order valence-corrected chi connectivity index (χ4v) is 2.20. The Kier molecular flexibility index (Phi) is 2.26. The topological polar surface area (TPSA) is 70.8 Å². The summed E-state index contributed by atoms with van der Waals surface area (Å²) in [5, 5.41) is 8.28. The second kappa shape index (κ2) is 4.09. The van der Waals surface area contributed by atoms with Gasteiger partial charge in [-0.2, -0.15) is 0 Å².